The van der Waals surface area contributed by atoms with E-state index in [0.717, 1.165) is 0 Å². The van der Waals surface area contributed by atoms with Crippen molar-refractivity contribution >= 4 is 38.8 Å². The van der Waals surface area contributed by atoms with Crippen molar-refractivity contribution in [3.05, 3.63) is 0 Å². The zero-order valence-electron chi connectivity index (χ0n) is 6.78. The van der Waals surface area contributed by atoms with Crippen LogP contribution in [-0.4, -0.2) is 74.0 Å². The Morgan fingerprint density at radius 1 is 1.38 bits per heavy atom. The van der Waals surface area contributed by atoms with Gasteiger partial charge in [-0.2, -0.15) is 0 Å². The van der Waals surface area contributed by atoms with Gasteiger partial charge in [-0.05, 0) is 0 Å². The van der Waals surface area contributed by atoms with Crippen molar-refractivity contribution in [3.8, 4) is 0 Å². The summed E-state index contributed by atoms with van der Waals surface area (Å²) in [6.07, 6.45) is -1.12. The fraction of sp³-hybridized carbons (Fsp3) is 0.667. The van der Waals surface area contributed by atoms with Crippen LogP contribution in [-0.2, 0) is 9.36 Å². The molecule has 8 nitrogen and oxygen atoms in total. The Hall–Kier alpha value is 0.660. The molecule has 0 aliphatic carbocycles. The Bertz CT molecular complexity index is 168. The fourth-order valence-electron chi connectivity index (χ4n) is 0.129. The van der Waals surface area contributed by atoms with Crippen LogP contribution >= 0.6 is 7.82 Å². The minimum absolute atomic E-state index is 0. The number of hydrogen-bond acceptors (Lipinski definition) is 4. The van der Waals surface area contributed by atoms with Crippen molar-refractivity contribution in [3.63, 3.8) is 0 Å². The molecule has 1 atom stereocenters. The van der Waals surface area contributed by atoms with Crippen molar-refractivity contribution in [1.82, 2.24) is 0 Å². The molecule has 0 saturated carbocycles. The van der Waals surface area contributed by atoms with Crippen LogP contribution in [0, 0.1) is 0 Å². The Balaban J connectivity index is -0.000000150. The molecule has 0 radical (unpaired) electrons. The van der Waals surface area contributed by atoms with E-state index < -0.39 is 20.5 Å². The van der Waals surface area contributed by atoms with Crippen molar-refractivity contribution in [2.24, 2.45) is 0 Å². The number of rotatable bonds is 2. The topological polar surface area (TPSA) is 167 Å². The first-order valence-corrected chi connectivity index (χ1v) is 5.32. The third-order valence-electron chi connectivity index (χ3n) is 0.642. The molecular formula is C3H10NaO8P. The molecule has 1 unspecified atom stereocenters. The summed E-state index contributed by atoms with van der Waals surface area (Å²) in [6.45, 7) is -0.442. The van der Waals surface area contributed by atoms with Crippen LogP contribution in [0.5, 0.6) is 0 Å². The number of phosphoric acid groups is 1. The van der Waals surface area contributed by atoms with Crippen LogP contribution in [0.4, 0.5) is 0 Å². The van der Waals surface area contributed by atoms with Crippen molar-refractivity contribution < 1.29 is 39.7 Å². The van der Waals surface area contributed by atoms with Gasteiger partial charge in [-0.1, -0.05) is 0 Å². The molecule has 0 aliphatic heterocycles. The first-order chi connectivity index (χ1) is 5.18. The number of aliphatic hydroxyl groups excluding tert-OH is 2. The molecule has 0 aromatic rings. The van der Waals surface area contributed by atoms with Crippen LogP contribution in [0.2, 0.25) is 0 Å². The van der Waals surface area contributed by atoms with Gasteiger partial charge in [0.1, 0.15) is 0 Å². The number of carbonyl (C=O) groups is 1. The molecule has 0 bridgehead atoms. The molecule has 0 amide bonds. The second kappa shape index (κ2) is 9.22. The number of carbonyl (C=O) groups excluding carboxylic acids is 1. The summed E-state index contributed by atoms with van der Waals surface area (Å²) < 4.78 is 8.62. The van der Waals surface area contributed by atoms with Crippen LogP contribution in [0.15, 0.2) is 0 Å². The molecule has 7 N–H and O–H groups in total. The molecular weight excluding hydrogens is 218 g/mol. The zero-order valence-corrected chi connectivity index (χ0v) is 9.68. The van der Waals surface area contributed by atoms with E-state index >= 15 is 0 Å². The second-order valence-electron chi connectivity index (χ2n) is 1.82. The van der Waals surface area contributed by atoms with Gasteiger partial charge in [0.2, 0.25) is 0 Å². The molecule has 0 saturated heterocycles. The Morgan fingerprint density at radius 2 is 1.62 bits per heavy atom. The summed E-state index contributed by atoms with van der Waals surface area (Å²) in [5.74, 6) is 0. The van der Waals surface area contributed by atoms with Crippen LogP contribution in [0.25, 0.3) is 0 Å². The molecule has 0 aromatic heterocycles. The third-order valence-corrected chi connectivity index (χ3v) is 1.31. The molecule has 10 heteroatoms. The van der Waals surface area contributed by atoms with Gasteiger partial charge in [-0.3, -0.25) is 0 Å². The van der Waals surface area contributed by atoms with Gasteiger partial charge in [-0.15, -0.1) is 0 Å². The monoisotopic (exact) mass is 228 g/mol. The molecule has 76 valence electrons. The maximum absolute atomic E-state index is 10.0. The SMILES string of the molecule is O.O=P(O)(O)O.O=[C]([Na])C(O)CO. The standard InChI is InChI=1S/C3H5O3.Na.H3O4P.H2O/c4-1-3(6)2-5;;1-5(2,3)4;/h3-4,6H,1H2;;(H3,1,2,3,4);1H2. The zero-order chi connectivity index (χ0) is 10.4. The average Bonchev–Trinajstić information content (AvgIpc) is 1.82. The van der Waals surface area contributed by atoms with Gasteiger partial charge in [0.15, 0.2) is 0 Å². The minimum atomic E-state index is -4.64. The van der Waals surface area contributed by atoms with E-state index in [9.17, 15) is 4.79 Å². The molecule has 0 heterocycles. The first-order valence-electron chi connectivity index (χ1n) is 2.76. The van der Waals surface area contributed by atoms with E-state index in [-0.39, 0.29) is 8.51 Å². The Kier molecular flexibility index (Phi) is 13.7. The normalized spacial score (nSPS) is 11.9. The summed E-state index contributed by atoms with van der Waals surface area (Å²) in [6, 6.07) is 0. The third kappa shape index (κ3) is 32.4. The van der Waals surface area contributed by atoms with Crippen LogP contribution in [0.3, 0.4) is 0 Å². The quantitative estimate of drug-likeness (QED) is 0.239. The van der Waals surface area contributed by atoms with Crippen molar-refractivity contribution in [2.45, 2.75) is 6.10 Å². The van der Waals surface area contributed by atoms with E-state index in [0.29, 0.717) is 27.9 Å². The summed E-state index contributed by atoms with van der Waals surface area (Å²) in [4.78, 5) is 31.6. The van der Waals surface area contributed by atoms with Gasteiger partial charge < -0.3 is 20.2 Å². The van der Waals surface area contributed by atoms with Crippen molar-refractivity contribution in [1.29, 1.82) is 0 Å². The Labute approximate surface area is 91.2 Å². The molecule has 0 aromatic carbocycles. The maximum atomic E-state index is 10.0. The molecule has 0 rings (SSSR count). The Morgan fingerprint density at radius 3 is 1.62 bits per heavy atom. The van der Waals surface area contributed by atoms with E-state index in [2.05, 4.69) is 0 Å². The van der Waals surface area contributed by atoms with Crippen LogP contribution < -0.4 is 0 Å². The molecule has 13 heavy (non-hydrogen) atoms. The fourth-order valence-corrected chi connectivity index (χ4v) is 0.311. The predicted octanol–water partition coefficient (Wildman–Crippen LogP) is -3.72. The van der Waals surface area contributed by atoms with E-state index in [4.69, 9.17) is 29.5 Å². The van der Waals surface area contributed by atoms with Gasteiger partial charge >= 0.3 is 66.5 Å². The van der Waals surface area contributed by atoms with Crippen LogP contribution in [0.1, 0.15) is 0 Å². The van der Waals surface area contributed by atoms with Gasteiger partial charge in [0.25, 0.3) is 0 Å². The van der Waals surface area contributed by atoms with Gasteiger partial charge in [0.05, 0.1) is 0 Å². The molecule has 0 fully saturated rings. The summed E-state index contributed by atoms with van der Waals surface area (Å²) in [7, 11) is -4.64. The average molecular weight is 228 g/mol. The second-order valence-corrected chi connectivity index (χ2v) is 3.83. The van der Waals surface area contributed by atoms with Crippen molar-refractivity contribution in [2.75, 3.05) is 6.61 Å². The first kappa shape index (κ1) is 19.3. The number of hydrogen-bond donors (Lipinski definition) is 5. The summed E-state index contributed by atoms with van der Waals surface area (Å²) >= 11 is 0.314. The van der Waals surface area contributed by atoms with E-state index in [1.165, 1.54) is 0 Å². The molecule has 0 aliphatic rings. The van der Waals surface area contributed by atoms with E-state index in [1.807, 2.05) is 0 Å². The van der Waals surface area contributed by atoms with E-state index in [1.54, 1.807) is 0 Å². The van der Waals surface area contributed by atoms with Gasteiger partial charge in [0, 0.05) is 0 Å². The predicted molar refractivity (Wildman–Crippen MR) is 41.7 cm³/mol. The van der Waals surface area contributed by atoms with Gasteiger partial charge in [-0.25, -0.2) is 4.57 Å². The summed E-state index contributed by atoms with van der Waals surface area (Å²) in [5.41, 5.74) is 0. The molecule has 0 spiro atoms. The number of aliphatic hydroxyl groups is 2. The summed E-state index contributed by atoms with van der Waals surface area (Å²) in [5, 5.41) is 16.4.